The molecule has 0 aliphatic carbocycles. The SMILES string of the molecule is NS(=O)(=O)c1ccc(/C=C2/C(=O)Nc3cc(Cl)ccc32)cc1. The zero-order valence-electron chi connectivity index (χ0n) is 11.2. The Morgan fingerprint density at radius 1 is 1.09 bits per heavy atom. The summed E-state index contributed by atoms with van der Waals surface area (Å²) in [5, 5.41) is 8.33. The van der Waals surface area contributed by atoms with Crippen LogP contribution in [0.1, 0.15) is 11.1 Å². The van der Waals surface area contributed by atoms with Gasteiger partial charge >= 0.3 is 0 Å². The van der Waals surface area contributed by atoms with E-state index in [-0.39, 0.29) is 10.8 Å². The Kier molecular flexibility index (Phi) is 3.52. The molecule has 1 heterocycles. The van der Waals surface area contributed by atoms with E-state index in [1.807, 2.05) is 0 Å². The quantitative estimate of drug-likeness (QED) is 0.827. The molecule has 2 aromatic carbocycles. The van der Waals surface area contributed by atoms with Crippen LogP contribution < -0.4 is 10.5 Å². The van der Waals surface area contributed by atoms with E-state index < -0.39 is 10.0 Å². The molecule has 0 radical (unpaired) electrons. The maximum atomic E-state index is 12.0. The van der Waals surface area contributed by atoms with Crippen LogP contribution in [0.2, 0.25) is 5.02 Å². The first-order valence-corrected chi connectivity index (χ1v) is 8.23. The van der Waals surface area contributed by atoms with Gasteiger partial charge in [-0.05, 0) is 35.9 Å². The molecule has 0 atom stereocenters. The average molecular weight is 335 g/mol. The van der Waals surface area contributed by atoms with Crippen LogP contribution in [0.15, 0.2) is 47.4 Å². The van der Waals surface area contributed by atoms with Crippen molar-refractivity contribution in [3.8, 4) is 0 Å². The molecular weight excluding hydrogens is 324 g/mol. The molecule has 1 aliphatic rings. The summed E-state index contributed by atoms with van der Waals surface area (Å²) in [6.07, 6.45) is 1.68. The number of nitrogens with one attached hydrogen (secondary N) is 1. The smallest absolute Gasteiger partial charge is 0.256 e. The number of hydrogen-bond donors (Lipinski definition) is 2. The number of nitrogens with two attached hydrogens (primary N) is 1. The summed E-state index contributed by atoms with van der Waals surface area (Å²) >= 11 is 5.90. The van der Waals surface area contributed by atoms with E-state index in [1.165, 1.54) is 12.1 Å². The van der Waals surface area contributed by atoms with Gasteiger partial charge in [-0.1, -0.05) is 29.8 Å². The van der Waals surface area contributed by atoms with Gasteiger partial charge in [-0.25, -0.2) is 13.6 Å². The van der Waals surface area contributed by atoms with Crippen LogP contribution in [0.3, 0.4) is 0 Å². The van der Waals surface area contributed by atoms with Crippen LogP contribution in [0, 0.1) is 0 Å². The summed E-state index contributed by atoms with van der Waals surface area (Å²) in [6, 6.07) is 11.1. The molecule has 1 amide bonds. The van der Waals surface area contributed by atoms with Crippen LogP contribution in [0.4, 0.5) is 5.69 Å². The molecule has 7 heteroatoms. The number of carbonyl (C=O) groups excluding carboxylic acids is 1. The molecule has 5 nitrogen and oxygen atoms in total. The molecule has 0 bridgehead atoms. The van der Waals surface area contributed by atoms with Gasteiger partial charge in [0.1, 0.15) is 0 Å². The first-order valence-electron chi connectivity index (χ1n) is 6.30. The summed E-state index contributed by atoms with van der Waals surface area (Å²) in [7, 11) is -3.73. The lowest BCUT2D eigenvalue weighted by Crippen LogP contribution is -2.11. The number of sulfonamides is 1. The largest absolute Gasteiger partial charge is 0.321 e. The number of halogens is 1. The topological polar surface area (TPSA) is 89.3 Å². The highest BCUT2D eigenvalue weighted by molar-refractivity contribution is 7.89. The lowest BCUT2D eigenvalue weighted by atomic mass is 10.0. The Balaban J connectivity index is 2.01. The molecule has 0 saturated heterocycles. The fourth-order valence-electron chi connectivity index (χ4n) is 2.23. The fourth-order valence-corrected chi connectivity index (χ4v) is 2.92. The van der Waals surface area contributed by atoms with Crippen LogP contribution in [-0.2, 0) is 14.8 Å². The normalized spacial score (nSPS) is 15.7. The second-order valence-corrected chi connectivity index (χ2v) is 6.81. The minimum Gasteiger partial charge on any atom is -0.321 e. The van der Waals surface area contributed by atoms with Crippen molar-refractivity contribution in [3.05, 3.63) is 58.6 Å². The van der Waals surface area contributed by atoms with Gasteiger partial charge in [0, 0.05) is 16.2 Å². The summed E-state index contributed by atoms with van der Waals surface area (Å²) in [4.78, 5) is 12.1. The molecule has 2 aromatic rings. The molecule has 0 aromatic heterocycles. The van der Waals surface area contributed by atoms with Crippen molar-refractivity contribution in [2.75, 3.05) is 5.32 Å². The van der Waals surface area contributed by atoms with Crippen molar-refractivity contribution in [1.82, 2.24) is 0 Å². The summed E-state index contributed by atoms with van der Waals surface area (Å²) in [6.45, 7) is 0. The van der Waals surface area contributed by atoms with E-state index in [0.717, 1.165) is 5.56 Å². The van der Waals surface area contributed by atoms with Gasteiger partial charge in [0.2, 0.25) is 10.0 Å². The zero-order chi connectivity index (χ0) is 15.9. The number of primary sulfonamides is 1. The van der Waals surface area contributed by atoms with Crippen molar-refractivity contribution >= 4 is 44.9 Å². The standard InChI is InChI=1S/C15H11ClN2O3S/c16-10-3-6-12-13(15(19)18-14(12)8-10)7-9-1-4-11(5-2-9)22(17,20)21/h1-8H,(H,18,19)(H2,17,20,21)/b13-7+. The number of hydrogen-bond acceptors (Lipinski definition) is 3. The third kappa shape index (κ3) is 2.76. The number of amides is 1. The Hall–Kier alpha value is -2.15. The number of anilines is 1. The average Bonchev–Trinajstić information content (AvgIpc) is 2.74. The third-order valence-corrected chi connectivity index (χ3v) is 4.45. The Labute approximate surface area is 132 Å². The van der Waals surface area contributed by atoms with Gasteiger partial charge in [0.15, 0.2) is 0 Å². The van der Waals surface area contributed by atoms with Gasteiger partial charge in [-0.3, -0.25) is 4.79 Å². The zero-order valence-corrected chi connectivity index (χ0v) is 12.8. The Bertz CT molecular complexity index is 903. The molecule has 0 unspecified atom stereocenters. The number of carbonyl (C=O) groups is 1. The molecular formula is C15H11ClN2O3S. The van der Waals surface area contributed by atoms with Gasteiger partial charge < -0.3 is 5.32 Å². The molecule has 112 valence electrons. The van der Waals surface area contributed by atoms with Gasteiger partial charge in [-0.2, -0.15) is 0 Å². The van der Waals surface area contributed by atoms with Crippen LogP contribution >= 0.6 is 11.6 Å². The summed E-state index contributed by atoms with van der Waals surface area (Å²) < 4.78 is 22.4. The van der Waals surface area contributed by atoms with Crippen LogP contribution in [-0.4, -0.2) is 14.3 Å². The predicted octanol–water partition coefficient (Wildman–Crippen LogP) is 2.48. The molecule has 0 fully saturated rings. The predicted molar refractivity (Wildman–Crippen MR) is 85.8 cm³/mol. The van der Waals surface area contributed by atoms with Crippen molar-refractivity contribution < 1.29 is 13.2 Å². The molecule has 0 saturated carbocycles. The summed E-state index contributed by atoms with van der Waals surface area (Å²) in [5.41, 5.74) is 2.60. The van der Waals surface area contributed by atoms with Gasteiger partial charge in [0.05, 0.1) is 10.6 Å². The van der Waals surface area contributed by atoms with Crippen molar-refractivity contribution in [2.45, 2.75) is 4.90 Å². The second kappa shape index (κ2) is 5.24. The third-order valence-electron chi connectivity index (χ3n) is 3.28. The highest BCUT2D eigenvalue weighted by atomic mass is 35.5. The van der Waals surface area contributed by atoms with E-state index >= 15 is 0 Å². The van der Waals surface area contributed by atoms with Gasteiger partial charge in [-0.15, -0.1) is 0 Å². The molecule has 3 rings (SSSR count). The molecule has 0 spiro atoms. The molecule has 22 heavy (non-hydrogen) atoms. The van der Waals surface area contributed by atoms with Crippen molar-refractivity contribution in [1.29, 1.82) is 0 Å². The monoisotopic (exact) mass is 334 g/mol. The highest BCUT2D eigenvalue weighted by Gasteiger charge is 2.24. The van der Waals surface area contributed by atoms with Crippen molar-refractivity contribution in [2.24, 2.45) is 5.14 Å². The van der Waals surface area contributed by atoms with E-state index in [0.29, 0.717) is 21.8 Å². The lowest BCUT2D eigenvalue weighted by Gasteiger charge is -2.01. The minimum atomic E-state index is -3.73. The number of fused-ring (bicyclic) bond motifs is 1. The maximum Gasteiger partial charge on any atom is 0.256 e. The van der Waals surface area contributed by atoms with E-state index in [1.54, 1.807) is 36.4 Å². The number of rotatable bonds is 2. The lowest BCUT2D eigenvalue weighted by molar-refractivity contribution is -0.110. The van der Waals surface area contributed by atoms with E-state index in [2.05, 4.69) is 5.32 Å². The van der Waals surface area contributed by atoms with E-state index in [4.69, 9.17) is 16.7 Å². The molecule has 1 aliphatic heterocycles. The van der Waals surface area contributed by atoms with Crippen LogP contribution in [0.25, 0.3) is 11.6 Å². The maximum absolute atomic E-state index is 12.0. The van der Waals surface area contributed by atoms with Crippen LogP contribution in [0.5, 0.6) is 0 Å². The second-order valence-electron chi connectivity index (χ2n) is 4.82. The Morgan fingerprint density at radius 3 is 2.41 bits per heavy atom. The summed E-state index contributed by atoms with van der Waals surface area (Å²) in [5.74, 6) is -0.229. The Morgan fingerprint density at radius 2 is 1.77 bits per heavy atom. The van der Waals surface area contributed by atoms with Gasteiger partial charge in [0.25, 0.3) is 5.91 Å². The first kappa shape index (κ1) is 14.8. The fraction of sp³-hybridized carbons (Fsp3) is 0. The number of benzene rings is 2. The molecule has 3 N–H and O–H groups in total. The minimum absolute atomic E-state index is 0.0257. The first-order chi connectivity index (χ1) is 10.3. The highest BCUT2D eigenvalue weighted by Crippen LogP contribution is 2.34. The van der Waals surface area contributed by atoms with E-state index in [9.17, 15) is 13.2 Å². The van der Waals surface area contributed by atoms with Crippen molar-refractivity contribution in [3.63, 3.8) is 0 Å².